The monoisotopic (exact) mass is 287 g/mol. The van der Waals surface area contributed by atoms with Gasteiger partial charge in [0.05, 0.1) is 6.10 Å². The average Bonchev–Trinajstić information content (AvgIpc) is 3.03. The van der Waals surface area contributed by atoms with Crippen molar-refractivity contribution in [2.24, 2.45) is 0 Å². The average molecular weight is 287 g/mol. The lowest BCUT2D eigenvalue weighted by molar-refractivity contribution is 0.0539. The van der Waals surface area contributed by atoms with Crippen LogP contribution in [-0.4, -0.2) is 48.3 Å². The Kier molecular flexibility index (Phi) is 5.79. The third kappa shape index (κ3) is 4.32. The smallest absolute Gasteiger partial charge is 0.253 e. The van der Waals surface area contributed by atoms with Crippen molar-refractivity contribution in [2.75, 3.05) is 26.3 Å². The summed E-state index contributed by atoms with van der Waals surface area (Å²) in [6, 6.07) is 7.16. The van der Waals surface area contributed by atoms with E-state index < -0.39 is 0 Å². The summed E-state index contributed by atoms with van der Waals surface area (Å²) in [6.07, 6.45) is 2.28. The molecule has 21 heavy (non-hydrogen) atoms. The number of hydrogen-bond acceptors (Lipinski definition) is 3. The first-order valence-electron chi connectivity index (χ1n) is 7.35. The lowest BCUT2D eigenvalue weighted by atomic mass is 10.1. The highest BCUT2D eigenvalue weighted by molar-refractivity contribution is 5.94. The minimum Gasteiger partial charge on any atom is -0.384 e. The number of rotatable bonds is 4. The van der Waals surface area contributed by atoms with Crippen LogP contribution < -0.4 is 0 Å². The van der Waals surface area contributed by atoms with E-state index in [2.05, 4.69) is 11.8 Å². The summed E-state index contributed by atoms with van der Waals surface area (Å²) in [7, 11) is 0. The van der Waals surface area contributed by atoms with Crippen LogP contribution in [0.1, 0.15) is 35.7 Å². The predicted octanol–water partition coefficient (Wildman–Crippen LogP) is 1.67. The van der Waals surface area contributed by atoms with Gasteiger partial charge in [-0.15, -0.1) is 0 Å². The number of carbonyl (C=O) groups is 1. The topological polar surface area (TPSA) is 49.8 Å². The van der Waals surface area contributed by atoms with Crippen LogP contribution in [0.3, 0.4) is 0 Å². The molecule has 1 fully saturated rings. The number of likely N-dealkylation sites (N-methyl/N-ethyl adjacent to an activating group) is 1. The summed E-state index contributed by atoms with van der Waals surface area (Å²) >= 11 is 0. The van der Waals surface area contributed by atoms with Crippen LogP contribution >= 0.6 is 0 Å². The van der Waals surface area contributed by atoms with Gasteiger partial charge >= 0.3 is 0 Å². The van der Waals surface area contributed by atoms with Gasteiger partial charge in [0.1, 0.15) is 6.61 Å². The van der Waals surface area contributed by atoms with Crippen molar-refractivity contribution in [3.63, 3.8) is 0 Å². The number of amides is 1. The summed E-state index contributed by atoms with van der Waals surface area (Å²) in [6.45, 7) is 3.94. The molecule has 2 rings (SSSR count). The molecule has 1 unspecified atom stereocenters. The summed E-state index contributed by atoms with van der Waals surface area (Å²) in [5.41, 5.74) is 1.45. The third-order valence-electron chi connectivity index (χ3n) is 3.56. The van der Waals surface area contributed by atoms with Gasteiger partial charge in [-0.05, 0) is 44.0 Å². The van der Waals surface area contributed by atoms with E-state index in [0.717, 1.165) is 25.0 Å². The Hall–Kier alpha value is -1.83. The largest absolute Gasteiger partial charge is 0.384 e. The number of ether oxygens (including phenoxy) is 1. The van der Waals surface area contributed by atoms with Crippen LogP contribution in [0.4, 0.5) is 0 Å². The maximum atomic E-state index is 12.5. The van der Waals surface area contributed by atoms with Crippen molar-refractivity contribution in [1.82, 2.24) is 4.90 Å². The van der Waals surface area contributed by atoms with Crippen LogP contribution in [0.5, 0.6) is 0 Å². The number of hydrogen-bond donors (Lipinski definition) is 1. The molecule has 0 aromatic heterocycles. The second kappa shape index (κ2) is 7.82. The van der Waals surface area contributed by atoms with Gasteiger partial charge in [-0.2, -0.15) is 0 Å². The third-order valence-corrected chi connectivity index (χ3v) is 3.56. The molecule has 0 radical (unpaired) electrons. The van der Waals surface area contributed by atoms with Gasteiger partial charge in [0.25, 0.3) is 5.91 Å². The molecule has 1 aromatic carbocycles. The first-order valence-corrected chi connectivity index (χ1v) is 7.35. The molecule has 1 amide bonds. The van der Waals surface area contributed by atoms with Crippen molar-refractivity contribution in [2.45, 2.75) is 25.9 Å². The van der Waals surface area contributed by atoms with E-state index >= 15 is 0 Å². The molecule has 1 N–H and O–H groups in total. The molecule has 1 atom stereocenters. The van der Waals surface area contributed by atoms with Crippen LogP contribution in [0, 0.1) is 11.8 Å². The Morgan fingerprint density at radius 1 is 1.43 bits per heavy atom. The van der Waals surface area contributed by atoms with E-state index in [1.165, 1.54) is 0 Å². The number of nitrogens with zero attached hydrogens (tertiary/aromatic N) is 1. The Labute approximate surface area is 125 Å². The molecule has 1 saturated heterocycles. The van der Waals surface area contributed by atoms with Gasteiger partial charge in [-0.3, -0.25) is 4.79 Å². The Bertz CT molecular complexity index is 521. The zero-order valence-corrected chi connectivity index (χ0v) is 12.3. The van der Waals surface area contributed by atoms with Gasteiger partial charge in [0.15, 0.2) is 0 Å². The van der Waals surface area contributed by atoms with Crippen molar-refractivity contribution in [3.05, 3.63) is 35.4 Å². The van der Waals surface area contributed by atoms with E-state index in [0.29, 0.717) is 18.7 Å². The molecule has 4 heteroatoms. The lowest BCUT2D eigenvalue weighted by Crippen LogP contribution is -2.37. The molecular weight excluding hydrogens is 266 g/mol. The molecule has 0 aliphatic carbocycles. The molecule has 1 aliphatic heterocycles. The first kappa shape index (κ1) is 15.6. The maximum absolute atomic E-state index is 12.5. The SMILES string of the molecule is CCN(CC1CCCO1)C(=O)c1ccc(C#CCO)cc1. The van der Waals surface area contributed by atoms with Gasteiger partial charge in [-0.1, -0.05) is 11.8 Å². The van der Waals surface area contributed by atoms with E-state index in [1.54, 1.807) is 24.3 Å². The highest BCUT2D eigenvalue weighted by atomic mass is 16.5. The van der Waals surface area contributed by atoms with E-state index in [4.69, 9.17) is 9.84 Å². The van der Waals surface area contributed by atoms with Crippen LogP contribution in [0.25, 0.3) is 0 Å². The van der Waals surface area contributed by atoms with Gasteiger partial charge in [-0.25, -0.2) is 0 Å². The molecular formula is C17H21NO3. The van der Waals surface area contributed by atoms with E-state index in [1.807, 2.05) is 11.8 Å². The zero-order valence-electron chi connectivity index (χ0n) is 12.3. The number of aliphatic hydroxyl groups is 1. The van der Waals surface area contributed by atoms with Crippen LogP contribution in [0.2, 0.25) is 0 Å². The van der Waals surface area contributed by atoms with Gasteiger partial charge in [0, 0.05) is 30.8 Å². The molecule has 0 saturated carbocycles. The molecule has 1 aromatic rings. The van der Waals surface area contributed by atoms with Crippen molar-refractivity contribution < 1.29 is 14.6 Å². The highest BCUT2D eigenvalue weighted by Gasteiger charge is 2.22. The lowest BCUT2D eigenvalue weighted by Gasteiger charge is -2.24. The first-order chi connectivity index (χ1) is 10.2. The minimum atomic E-state index is -0.161. The Balaban J connectivity index is 2.02. The molecule has 1 aliphatic rings. The fraction of sp³-hybridized carbons (Fsp3) is 0.471. The van der Waals surface area contributed by atoms with E-state index in [-0.39, 0.29) is 18.6 Å². The normalized spacial score (nSPS) is 17.1. The van der Waals surface area contributed by atoms with Crippen molar-refractivity contribution >= 4 is 5.91 Å². The second-order valence-electron chi connectivity index (χ2n) is 5.02. The Morgan fingerprint density at radius 3 is 2.76 bits per heavy atom. The molecule has 1 heterocycles. The van der Waals surface area contributed by atoms with Gasteiger partial charge < -0.3 is 14.7 Å². The molecule has 112 valence electrons. The summed E-state index contributed by atoms with van der Waals surface area (Å²) in [5.74, 6) is 5.43. The number of benzene rings is 1. The summed E-state index contributed by atoms with van der Waals surface area (Å²) in [5, 5.41) is 8.66. The fourth-order valence-corrected chi connectivity index (χ4v) is 2.41. The number of aliphatic hydroxyl groups excluding tert-OH is 1. The summed E-state index contributed by atoms with van der Waals surface area (Å²) < 4.78 is 5.60. The quantitative estimate of drug-likeness (QED) is 0.857. The van der Waals surface area contributed by atoms with Crippen LogP contribution in [0.15, 0.2) is 24.3 Å². The number of carbonyl (C=O) groups excluding carboxylic acids is 1. The highest BCUT2D eigenvalue weighted by Crippen LogP contribution is 2.15. The second-order valence-corrected chi connectivity index (χ2v) is 5.02. The molecule has 4 nitrogen and oxygen atoms in total. The fourth-order valence-electron chi connectivity index (χ4n) is 2.41. The van der Waals surface area contributed by atoms with Crippen molar-refractivity contribution in [3.8, 4) is 11.8 Å². The molecule has 0 bridgehead atoms. The van der Waals surface area contributed by atoms with Gasteiger partial charge in [0.2, 0.25) is 0 Å². The Morgan fingerprint density at radius 2 is 2.19 bits per heavy atom. The molecule has 0 spiro atoms. The predicted molar refractivity (Wildman–Crippen MR) is 81.0 cm³/mol. The maximum Gasteiger partial charge on any atom is 0.253 e. The van der Waals surface area contributed by atoms with Crippen molar-refractivity contribution in [1.29, 1.82) is 0 Å². The summed E-state index contributed by atoms with van der Waals surface area (Å²) in [4.78, 5) is 14.3. The van der Waals surface area contributed by atoms with E-state index in [9.17, 15) is 4.79 Å². The standard InChI is InChI=1S/C17H21NO3/c1-2-18(13-16-6-4-12-21-16)17(20)15-9-7-14(8-10-15)5-3-11-19/h7-10,16,19H,2,4,6,11-13H2,1H3. The minimum absolute atomic E-state index is 0.0228. The van der Waals surface area contributed by atoms with Crippen LogP contribution in [-0.2, 0) is 4.74 Å². The zero-order chi connectivity index (χ0) is 15.1.